The average Bonchev–Trinajstić information content (AvgIpc) is 2.64. The van der Waals surface area contributed by atoms with E-state index in [2.05, 4.69) is 0 Å². The number of carbonyl (C=O) groups is 2. The van der Waals surface area contributed by atoms with Crippen molar-refractivity contribution in [2.75, 3.05) is 32.7 Å². The number of anilines is 1. The van der Waals surface area contributed by atoms with Crippen LogP contribution in [0.25, 0.3) is 6.08 Å². The molecule has 6 heteroatoms. The predicted octanol–water partition coefficient (Wildman–Crippen LogP) is 3.12. The standard InChI is InChI=1S/C20H21NO5/c1-21(2)16-8-4-14(5-9-16)6-10-17(22)15-7-11-18(19(12-15)25-3)26-13-20(23)24/h4-12H,13H2,1-3H3,(H,23,24)/b10-6+. The number of hydrogen-bond donors (Lipinski definition) is 1. The van der Waals surface area contributed by atoms with Gasteiger partial charge in [0.2, 0.25) is 0 Å². The molecule has 6 nitrogen and oxygen atoms in total. The molecular formula is C20H21NO5. The van der Waals surface area contributed by atoms with Gasteiger partial charge in [-0.25, -0.2) is 4.79 Å². The molecule has 26 heavy (non-hydrogen) atoms. The number of carbonyl (C=O) groups excluding carboxylic acids is 1. The monoisotopic (exact) mass is 355 g/mol. The van der Waals surface area contributed by atoms with Crippen LogP contribution in [0.4, 0.5) is 5.69 Å². The summed E-state index contributed by atoms with van der Waals surface area (Å²) >= 11 is 0. The largest absolute Gasteiger partial charge is 0.493 e. The van der Waals surface area contributed by atoms with Crippen molar-refractivity contribution < 1.29 is 24.2 Å². The van der Waals surface area contributed by atoms with E-state index in [-0.39, 0.29) is 11.5 Å². The summed E-state index contributed by atoms with van der Waals surface area (Å²) in [4.78, 5) is 24.9. The van der Waals surface area contributed by atoms with Gasteiger partial charge in [-0.1, -0.05) is 18.2 Å². The molecule has 0 saturated carbocycles. The Labute approximate surface area is 152 Å². The van der Waals surface area contributed by atoms with Gasteiger partial charge in [0, 0.05) is 25.3 Å². The van der Waals surface area contributed by atoms with E-state index in [1.54, 1.807) is 12.1 Å². The van der Waals surface area contributed by atoms with Gasteiger partial charge in [0.25, 0.3) is 0 Å². The molecule has 0 amide bonds. The lowest BCUT2D eigenvalue weighted by Crippen LogP contribution is -2.10. The number of hydrogen-bond acceptors (Lipinski definition) is 5. The zero-order valence-corrected chi connectivity index (χ0v) is 14.9. The molecule has 0 aliphatic carbocycles. The fourth-order valence-electron chi connectivity index (χ4n) is 2.23. The molecule has 2 rings (SSSR count). The van der Waals surface area contributed by atoms with Gasteiger partial charge in [0.1, 0.15) is 0 Å². The van der Waals surface area contributed by atoms with Gasteiger partial charge in [-0.2, -0.15) is 0 Å². The topological polar surface area (TPSA) is 76.1 Å². The highest BCUT2D eigenvalue weighted by Crippen LogP contribution is 2.28. The van der Waals surface area contributed by atoms with Crippen LogP contribution >= 0.6 is 0 Å². The molecular weight excluding hydrogens is 334 g/mol. The van der Waals surface area contributed by atoms with Gasteiger partial charge in [-0.05, 0) is 42.0 Å². The predicted molar refractivity (Wildman–Crippen MR) is 100 cm³/mol. The van der Waals surface area contributed by atoms with Crippen molar-refractivity contribution in [3.8, 4) is 11.5 Å². The molecule has 0 heterocycles. The molecule has 0 atom stereocenters. The number of rotatable bonds is 8. The summed E-state index contributed by atoms with van der Waals surface area (Å²) < 4.78 is 10.3. The molecule has 2 aromatic rings. The van der Waals surface area contributed by atoms with Crippen LogP contribution in [-0.2, 0) is 4.79 Å². The first-order valence-corrected chi connectivity index (χ1v) is 7.93. The van der Waals surface area contributed by atoms with Crippen molar-refractivity contribution in [1.82, 2.24) is 0 Å². The number of carboxylic acid groups (broad SMARTS) is 1. The molecule has 0 aliphatic rings. The fraction of sp³-hybridized carbons (Fsp3) is 0.200. The van der Waals surface area contributed by atoms with Crippen LogP contribution < -0.4 is 14.4 Å². The maximum absolute atomic E-state index is 12.4. The zero-order valence-electron chi connectivity index (χ0n) is 14.9. The third kappa shape index (κ3) is 5.11. The van der Waals surface area contributed by atoms with E-state index in [4.69, 9.17) is 14.6 Å². The van der Waals surface area contributed by atoms with Crippen LogP contribution in [0, 0.1) is 0 Å². The van der Waals surface area contributed by atoms with Crippen LogP contribution in [0.2, 0.25) is 0 Å². The second kappa shape index (κ2) is 8.71. The maximum atomic E-state index is 12.4. The van der Waals surface area contributed by atoms with E-state index in [1.165, 1.54) is 25.3 Å². The SMILES string of the molecule is COc1cc(C(=O)/C=C/c2ccc(N(C)C)cc2)ccc1OCC(=O)O. The van der Waals surface area contributed by atoms with Gasteiger partial charge >= 0.3 is 5.97 Å². The van der Waals surface area contributed by atoms with Crippen molar-refractivity contribution in [3.63, 3.8) is 0 Å². The molecule has 0 aliphatic heterocycles. The highest BCUT2D eigenvalue weighted by molar-refractivity contribution is 6.07. The number of carboxylic acids is 1. The molecule has 0 bridgehead atoms. The van der Waals surface area contributed by atoms with Crippen molar-refractivity contribution in [2.24, 2.45) is 0 Å². The molecule has 136 valence electrons. The Bertz CT molecular complexity index is 809. The van der Waals surface area contributed by atoms with Crippen molar-refractivity contribution in [2.45, 2.75) is 0 Å². The third-order valence-electron chi connectivity index (χ3n) is 3.64. The Kier molecular flexibility index (Phi) is 6.38. The summed E-state index contributed by atoms with van der Waals surface area (Å²) in [5.41, 5.74) is 2.41. The van der Waals surface area contributed by atoms with Gasteiger partial charge in [0.15, 0.2) is 23.9 Å². The van der Waals surface area contributed by atoms with Crippen molar-refractivity contribution in [1.29, 1.82) is 0 Å². The van der Waals surface area contributed by atoms with Crippen LogP contribution in [0.5, 0.6) is 11.5 Å². The van der Waals surface area contributed by atoms with E-state index in [0.717, 1.165) is 11.3 Å². The lowest BCUT2D eigenvalue weighted by atomic mass is 10.1. The Morgan fingerprint density at radius 2 is 1.77 bits per heavy atom. The van der Waals surface area contributed by atoms with Crippen LogP contribution in [0.1, 0.15) is 15.9 Å². The Hall–Kier alpha value is -3.28. The summed E-state index contributed by atoms with van der Waals surface area (Å²) in [6.07, 6.45) is 3.22. The van der Waals surface area contributed by atoms with Gasteiger partial charge < -0.3 is 19.5 Å². The zero-order chi connectivity index (χ0) is 19.1. The number of methoxy groups -OCH3 is 1. The lowest BCUT2D eigenvalue weighted by Gasteiger charge is -2.11. The Morgan fingerprint density at radius 1 is 1.08 bits per heavy atom. The van der Waals surface area contributed by atoms with E-state index in [9.17, 15) is 9.59 Å². The number of nitrogens with zero attached hydrogens (tertiary/aromatic N) is 1. The molecule has 2 aromatic carbocycles. The minimum Gasteiger partial charge on any atom is -0.493 e. The minimum absolute atomic E-state index is 0.190. The number of ether oxygens (including phenoxy) is 2. The summed E-state index contributed by atoms with van der Waals surface area (Å²) in [5.74, 6) is -0.698. The van der Waals surface area contributed by atoms with E-state index >= 15 is 0 Å². The van der Waals surface area contributed by atoms with Crippen molar-refractivity contribution in [3.05, 3.63) is 59.7 Å². The van der Waals surface area contributed by atoms with E-state index in [1.807, 2.05) is 43.3 Å². The van der Waals surface area contributed by atoms with Gasteiger partial charge in [-0.3, -0.25) is 4.79 Å². The van der Waals surface area contributed by atoms with Gasteiger partial charge in [-0.15, -0.1) is 0 Å². The fourth-order valence-corrected chi connectivity index (χ4v) is 2.23. The molecule has 0 aromatic heterocycles. The number of ketones is 1. The highest BCUT2D eigenvalue weighted by Gasteiger charge is 2.10. The number of benzene rings is 2. The maximum Gasteiger partial charge on any atom is 0.341 e. The molecule has 0 radical (unpaired) electrons. The molecule has 0 saturated heterocycles. The van der Waals surface area contributed by atoms with E-state index < -0.39 is 12.6 Å². The second-order valence-corrected chi connectivity index (χ2v) is 5.73. The Balaban J connectivity index is 2.12. The molecule has 0 spiro atoms. The smallest absolute Gasteiger partial charge is 0.341 e. The van der Waals surface area contributed by atoms with Crippen LogP contribution in [0.3, 0.4) is 0 Å². The van der Waals surface area contributed by atoms with Crippen LogP contribution in [0.15, 0.2) is 48.5 Å². The molecule has 0 unspecified atom stereocenters. The second-order valence-electron chi connectivity index (χ2n) is 5.73. The first-order valence-electron chi connectivity index (χ1n) is 7.93. The van der Waals surface area contributed by atoms with E-state index in [0.29, 0.717) is 11.3 Å². The number of allylic oxidation sites excluding steroid dienone is 1. The normalized spacial score (nSPS) is 10.6. The number of aliphatic carboxylic acids is 1. The Morgan fingerprint density at radius 3 is 2.35 bits per heavy atom. The lowest BCUT2D eigenvalue weighted by molar-refractivity contribution is -0.139. The first-order chi connectivity index (χ1) is 12.4. The van der Waals surface area contributed by atoms with Crippen LogP contribution in [-0.4, -0.2) is 44.7 Å². The molecule has 1 N–H and O–H groups in total. The average molecular weight is 355 g/mol. The summed E-state index contributed by atoms with van der Waals surface area (Å²) in [7, 11) is 5.36. The quantitative estimate of drug-likeness (QED) is 0.579. The van der Waals surface area contributed by atoms with Crippen molar-refractivity contribution >= 4 is 23.5 Å². The summed E-state index contributed by atoms with van der Waals surface area (Å²) in [6, 6.07) is 12.4. The highest BCUT2D eigenvalue weighted by atomic mass is 16.5. The molecule has 0 fully saturated rings. The summed E-state index contributed by atoms with van der Waals surface area (Å²) in [5, 5.41) is 8.68. The first kappa shape index (κ1) is 19.1. The summed E-state index contributed by atoms with van der Waals surface area (Å²) in [6.45, 7) is -0.480. The third-order valence-corrected chi connectivity index (χ3v) is 3.64. The van der Waals surface area contributed by atoms with Gasteiger partial charge in [0.05, 0.1) is 7.11 Å². The minimum atomic E-state index is -1.09.